The van der Waals surface area contributed by atoms with E-state index in [2.05, 4.69) is 29.2 Å². The fourth-order valence-electron chi connectivity index (χ4n) is 4.01. The quantitative estimate of drug-likeness (QED) is 0.849. The molecule has 0 saturated carbocycles. The highest BCUT2D eigenvalue weighted by Crippen LogP contribution is 2.37. The van der Waals surface area contributed by atoms with Crippen molar-refractivity contribution in [2.24, 2.45) is 5.41 Å². The Kier molecular flexibility index (Phi) is 4.74. The van der Waals surface area contributed by atoms with Crippen LogP contribution in [0.25, 0.3) is 0 Å². The molecule has 2 aromatic rings. The number of hydrogen-bond donors (Lipinski definition) is 0. The molecule has 0 unspecified atom stereocenters. The van der Waals surface area contributed by atoms with Crippen LogP contribution in [0.1, 0.15) is 12.0 Å². The number of rotatable bonds is 3. The van der Waals surface area contributed by atoms with Crippen LogP contribution in [-0.4, -0.2) is 43.7 Å². The maximum absolute atomic E-state index is 13.2. The highest BCUT2D eigenvalue weighted by Gasteiger charge is 2.45. The summed E-state index contributed by atoms with van der Waals surface area (Å²) in [5, 5.41) is 0. The summed E-state index contributed by atoms with van der Waals surface area (Å²) in [5.74, 6) is -0.205. The number of hydrogen-bond acceptors (Lipinski definition) is 3. The van der Waals surface area contributed by atoms with Crippen LogP contribution in [0.2, 0.25) is 0 Å². The van der Waals surface area contributed by atoms with E-state index >= 15 is 0 Å². The predicted molar refractivity (Wildman–Crippen MR) is 98.3 cm³/mol. The second kappa shape index (κ2) is 7.17. The number of carbonyl (C=O) groups is 1. The molecule has 5 heteroatoms. The molecule has 1 atom stereocenters. The minimum absolute atomic E-state index is 0.0850. The summed E-state index contributed by atoms with van der Waals surface area (Å²) in [5.41, 5.74) is 1.81. The molecule has 2 aliphatic heterocycles. The number of anilines is 1. The van der Waals surface area contributed by atoms with E-state index < -0.39 is 0 Å². The fourth-order valence-corrected chi connectivity index (χ4v) is 4.01. The van der Waals surface area contributed by atoms with Crippen molar-refractivity contribution in [3.8, 4) is 0 Å². The molecule has 2 fully saturated rings. The Labute approximate surface area is 153 Å². The Balaban J connectivity index is 1.51. The van der Waals surface area contributed by atoms with E-state index in [0.717, 1.165) is 25.3 Å². The van der Waals surface area contributed by atoms with Gasteiger partial charge in [-0.05, 0) is 29.8 Å². The summed E-state index contributed by atoms with van der Waals surface area (Å²) < 4.78 is 19.1. The molecule has 2 heterocycles. The average molecular weight is 354 g/mol. The van der Waals surface area contributed by atoms with E-state index in [1.807, 2.05) is 6.07 Å². The fraction of sp³-hybridized carbons (Fsp3) is 0.381. The first-order valence-corrected chi connectivity index (χ1v) is 9.04. The van der Waals surface area contributed by atoms with Gasteiger partial charge in [-0.25, -0.2) is 4.39 Å². The third-order valence-corrected chi connectivity index (χ3v) is 5.23. The molecule has 0 bridgehead atoms. The first kappa shape index (κ1) is 17.2. The molecule has 4 rings (SSSR count). The van der Waals surface area contributed by atoms with Crippen LogP contribution in [0.15, 0.2) is 54.6 Å². The molecule has 2 aliphatic rings. The zero-order chi connectivity index (χ0) is 18.0. The Bertz CT molecular complexity index is 765. The SMILES string of the molecule is O=C1C[C@]2(COCCN(Cc3ccccc3)C2)CN1c1ccc(F)cc1. The standard InChI is InChI=1S/C21H23FN2O2/c22-18-6-8-19(9-7-18)24-15-21(12-20(24)25)14-23(10-11-26-16-21)13-17-4-2-1-3-5-17/h1-9H,10-16H2/t21-/m1/s1. The molecule has 1 amide bonds. The van der Waals surface area contributed by atoms with Gasteiger partial charge >= 0.3 is 0 Å². The van der Waals surface area contributed by atoms with Crippen molar-refractivity contribution < 1.29 is 13.9 Å². The Morgan fingerprint density at radius 3 is 2.58 bits per heavy atom. The van der Waals surface area contributed by atoms with Crippen molar-refractivity contribution in [3.63, 3.8) is 0 Å². The third kappa shape index (κ3) is 3.64. The molecule has 0 N–H and O–H groups in total. The lowest BCUT2D eigenvalue weighted by molar-refractivity contribution is -0.118. The van der Waals surface area contributed by atoms with Crippen molar-refractivity contribution >= 4 is 11.6 Å². The van der Waals surface area contributed by atoms with Crippen molar-refractivity contribution in [3.05, 3.63) is 66.0 Å². The van der Waals surface area contributed by atoms with Gasteiger partial charge in [0.1, 0.15) is 5.82 Å². The van der Waals surface area contributed by atoms with Crippen LogP contribution in [0, 0.1) is 11.2 Å². The number of amides is 1. The number of carbonyl (C=O) groups excluding carboxylic acids is 1. The zero-order valence-corrected chi connectivity index (χ0v) is 14.7. The van der Waals surface area contributed by atoms with E-state index in [1.165, 1.54) is 17.7 Å². The highest BCUT2D eigenvalue weighted by molar-refractivity contribution is 5.96. The molecule has 2 saturated heterocycles. The summed E-state index contributed by atoms with van der Waals surface area (Å²) in [6, 6.07) is 16.5. The monoisotopic (exact) mass is 354 g/mol. The molecule has 0 radical (unpaired) electrons. The van der Waals surface area contributed by atoms with Gasteiger partial charge in [0.05, 0.1) is 13.2 Å². The Morgan fingerprint density at radius 1 is 1.04 bits per heavy atom. The van der Waals surface area contributed by atoms with Crippen LogP contribution in [-0.2, 0) is 16.1 Å². The van der Waals surface area contributed by atoms with Gasteiger partial charge in [0.15, 0.2) is 0 Å². The van der Waals surface area contributed by atoms with E-state index in [-0.39, 0.29) is 17.1 Å². The molecule has 2 aromatic carbocycles. The number of benzene rings is 2. The van der Waals surface area contributed by atoms with Crippen molar-refractivity contribution in [2.45, 2.75) is 13.0 Å². The van der Waals surface area contributed by atoms with Crippen LogP contribution in [0.3, 0.4) is 0 Å². The Morgan fingerprint density at radius 2 is 1.81 bits per heavy atom. The molecule has 4 nitrogen and oxygen atoms in total. The second-order valence-corrected chi connectivity index (χ2v) is 7.38. The van der Waals surface area contributed by atoms with E-state index in [9.17, 15) is 9.18 Å². The summed E-state index contributed by atoms with van der Waals surface area (Å²) in [6.07, 6.45) is 0.468. The van der Waals surface area contributed by atoms with E-state index in [4.69, 9.17) is 4.74 Å². The average Bonchev–Trinajstić information content (AvgIpc) is 2.83. The first-order valence-electron chi connectivity index (χ1n) is 9.04. The van der Waals surface area contributed by atoms with E-state index in [1.54, 1.807) is 17.0 Å². The van der Waals surface area contributed by atoms with Gasteiger partial charge in [-0.3, -0.25) is 9.69 Å². The Hall–Kier alpha value is -2.24. The van der Waals surface area contributed by atoms with Crippen LogP contribution < -0.4 is 4.90 Å². The van der Waals surface area contributed by atoms with Gasteiger partial charge in [0.2, 0.25) is 5.91 Å². The number of nitrogens with zero attached hydrogens (tertiary/aromatic N) is 2. The van der Waals surface area contributed by atoms with Gasteiger partial charge in [-0.1, -0.05) is 30.3 Å². The van der Waals surface area contributed by atoms with Crippen LogP contribution in [0.4, 0.5) is 10.1 Å². The van der Waals surface area contributed by atoms with Crippen LogP contribution in [0.5, 0.6) is 0 Å². The summed E-state index contributed by atoms with van der Waals surface area (Å²) in [4.78, 5) is 16.8. The molecule has 136 valence electrons. The third-order valence-electron chi connectivity index (χ3n) is 5.23. The first-order chi connectivity index (χ1) is 12.6. The highest BCUT2D eigenvalue weighted by atomic mass is 19.1. The minimum Gasteiger partial charge on any atom is -0.379 e. The van der Waals surface area contributed by atoms with Crippen molar-refractivity contribution in [1.82, 2.24) is 4.90 Å². The molecule has 0 aromatic heterocycles. The van der Waals surface area contributed by atoms with E-state index in [0.29, 0.717) is 26.2 Å². The lowest BCUT2D eigenvalue weighted by atomic mass is 9.87. The minimum atomic E-state index is -0.290. The van der Waals surface area contributed by atoms with Gasteiger partial charge in [0.25, 0.3) is 0 Å². The lowest BCUT2D eigenvalue weighted by Gasteiger charge is -2.31. The number of halogens is 1. The van der Waals surface area contributed by atoms with Crippen LogP contribution >= 0.6 is 0 Å². The molecular formula is C21H23FN2O2. The zero-order valence-electron chi connectivity index (χ0n) is 14.7. The van der Waals surface area contributed by atoms with Gasteiger partial charge < -0.3 is 9.64 Å². The van der Waals surface area contributed by atoms with Gasteiger partial charge in [-0.15, -0.1) is 0 Å². The topological polar surface area (TPSA) is 32.8 Å². The number of ether oxygens (including phenoxy) is 1. The molecular weight excluding hydrogens is 331 g/mol. The molecule has 26 heavy (non-hydrogen) atoms. The summed E-state index contributed by atoms with van der Waals surface area (Å²) in [6.45, 7) is 4.42. The smallest absolute Gasteiger partial charge is 0.227 e. The maximum atomic E-state index is 13.2. The van der Waals surface area contributed by atoms with Crippen molar-refractivity contribution in [2.75, 3.05) is 37.7 Å². The van der Waals surface area contributed by atoms with Gasteiger partial charge in [0, 0.05) is 43.7 Å². The molecule has 1 spiro atoms. The van der Waals surface area contributed by atoms with Crippen molar-refractivity contribution in [1.29, 1.82) is 0 Å². The summed E-state index contributed by atoms with van der Waals surface area (Å²) >= 11 is 0. The van der Waals surface area contributed by atoms with Gasteiger partial charge in [-0.2, -0.15) is 0 Å². The normalized spacial score (nSPS) is 24.2. The molecule has 0 aliphatic carbocycles. The maximum Gasteiger partial charge on any atom is 0.227 e. The largest absolute Gasteiger partial charge is 0.379 e. The lowest BCUT2D eigenvalue weighted by Crippen LogP contribution is -2.40. The summed E-state index contributed by atoms with van der Waals surface area (Å²) in [7, 11) is 0. The predicted octanol–water partition coefficient (Wildman–Crippen LogP) is 3.08. The second-order valence-electron chi connectivity index (χ2n) is 7.38.